The maximum Gasteiger partial charge on any atom is 0.375 e. The predicted octanol–water partition coefficient (Wildman–Crippen LogP) is 4.97. The van der Waals surface area contributed by atoms with E-state index in [1.54, 1.807) is 13.8 Å². The second kappa shape index (κ2) is 15.7. The van der Waals surface area contributed by atoms with E-state index in [9.17, 15) is 34.8 Å². The number of aromatic amines is 1. The zero-order chi connectivity index (χ0) is 38.1. The molecule has 2 aromatic carbocycles. The minimum absolute atomic E-state index is 0.00497. The smallest absolute Gasteiger partial charge is 0.375 e. The van der Waals surface area contributed by atoms with Gasteiger partial charge in [-0.2, -0.15) is 0 Å². The molecule has 3 aromatic rings. The van der Waals surface area contributed by atoms with Gasteiger partial charge >= 0.3 is 5.97 Å². The van der Waals surface area contributed by atoms with Gasteiger partial charge in [-0.1, -0.05) is 30.9 Å². The Kier molecular flexibility index (Phi) is 11.0. The zero-order valence-electron chi connectivity index (χ0n) is 30.8. The van der Waals surface area contributed by atoms with Gasteiger partial charge in [-0.25, -0.2) is 4.79 Å². The molecule has 1 aromatic heterocycles. The molecule has 0 unspecified atom stereocenters. The fraction of sp³-hybridized carbons (Fsp3) is 0.500. The lowest BCUT2D eigenvalue weighted by Gasteiger charge is -2.39. The normalized spacial score (nSPS) is 24.0. The quantitative estimate of drug-likeness (QED) is 0.0959. The van der Waals surface area contributed by atoms with Crippen LogP contribution in [-0.4, -0.2) is 81.6 Å². The number of H-pyrrole nitrogens is 1. The molecule has 2 aliphatic carbocycles. The van der Waals surface area contributed by atoms with E-state index in [2.05, 4.69) is 4.98 Å². The number of aliphatic hydroxyl groups is 4. The van der Waals surface area contributed by atoms with Crippen LogP contribution in [0.1, 0.15) is 93.4 Å². The number of rotatable bonds is 12. The molecule has 0 spiro atoms. The van der Waals surface area contributed by atoms with Crippen LogP contribution in [0.3, 0.4) is 0 Å². The van der Waals surface area contributed by atoms with Crippen LogP contribution in [0, 0.1) is 11.8 Å². The fourth-order valence-corrected chi connectivity index (χ4v) is 8.92. The van der Waals surface area contributed by atoms with Crippen LogP contribution in [0.5, 0.6) is 17.2 Å². The lowest BCUT2D eigenvalue weighted by molar-refractivity contribution is -0.141. The predicted molar refractivity (Wildman–Crippen MR) is 198 cm³/mol. The third kappa shape index (κ3) is 6.63. The van der Waals surface area contributed by atoms with Gasteiger partial charge in [0.05, 0.1) is 43.1 Å². The first-order valence-corrected chi connectivity index (χ1v) is 19.1. The number of fused-ring (bicyclic) bond motifs is 3. The summed E-state index contributed by atoms with van der Waals surface area (Å²) in [7, 11) is 0. The summed E-state index contributed by atoms with van der Waals surface area (Å²) < 4.78 is 24.7. The van der Waals surface area contributed by atoms with E-state index in [0.29, 0.717) is 28.6 Å². The molecule has 288 valence electrons. The summed E-state index contributed by atoms with van der Waals surface area (Å²) in [5.41, 5.74) is 2.28. The molecule has 0 saturated heterocycles. The van der Waals surface area contributed by atoms with Crippen molar-refractivity contribution in [2.24, 2.45) is 11.8 Å². The Morgan fingerprint density at radius 2 is 1.87 bits per heavy atom. The highest BCUT2D eigenvalue weighted by molar-refractivity contribution is 6.11. The number of esters is 1. The molecule has 7 rings (SSSR count). The Labute approximate surface area is 313 Å². The first-order chi connectivity index (χ1) is 26.2. The molecule has 12 nitrogen and oxygen atoms in total. The van der Waals surface area contributed by atoms with Gasteiger partial charge in [0, 0.05) is 54.1 Å². The average Bonchev–Trinajstić information content (AvgIpc) is 3.86. The van der Waals surface area contributed by atoms with Crippen LogP contribution in [0.2, 0.25) is 0 Å². The van der Waals surface area contributed by atoms with E-state index in [1.165, 1.54) is 0 Å². The number of benzene rings is 2. The number of hydrogen-bond donors (Lipinski definition) is 5. The molecule has 2 aliphatic heterocycles. The number of aldehydes is 1. The first-order valence-electron chi connectivity index (χ1n) is 19.1. The van der Waals surface area contributed by atoms with Gasteiger partial charge in [0.25, 0.3) is 0 Å². The molecule has 4 atom stereocenters. The highest BCUT2D eigenvalue weighted by atomic mass is 16.6. The van der Waals surface area contributed by atoms with Crippen LogP contribution in [0.25, 0.3) is 16.5 Å². The number of ketones is 1. The second-order valence-electron chi connectivity index (χ2n) is 15.0. The number of aromatic nitrogens is 1. The Balaban J connectivity index is 1.46. The molecule has 5 N–H and O–H groups in total. The van der Waals surface area contributed by atoms with Gasteiger partial charge in [0.2, 0.25) is 5.76 Å². The molecule has 2 saturated carbocycles. The van der Waals surface area contributed by atoms with Gasteiger partial charge in [-0.05, 0) is 74.6 Å². The number of nitrogens with one attached hydrogen (secondary N) is 1. The van der Waals surface area contributed by atoms with Crippen molar-refractivity contribution in [1.82, 2.24) is 4.98 Å². The minimum atomic E-state index is -1.23. The molecule has 0 amide bonds. The average molecular weight is 744 g/mol. The van der Waals surface area contributed by atoms with Crippen molar-refractivity contribution in [1.29, 1.82) is 0 Å². The highest BCUT2D eigenvalue weighted by Gasteiger charge is 2.49. The molecular formula is C42H49NO11. The summed E-state index contributed by atoms with van der Waals surface area (Å²) in [6.07, 6.45) is 7.19. The van der Waals surface area contributed by atoms with Gasteiger partial charge in [-0.3, -0.25) is 9.59 Å². The maximum absolute atomic E-state index is 14.0. The molecule has 0 radical (unpaired) electrons. The van der Waals surface area contributed by atoms with E-state index >= 15 is 0 Å². The van der Waals surface area contributed by atoms with Crippen molar-refractivity contribution in [2.75, 3.05) is 26.4 Å². The summed E-state index contributed by atoms with van der Waals surface area (Å²) in [4.78, 5) is 44.0. The Morgan fingerprint density at radius 1 is 1.07 bits per heavy atom. The minimum Gasteiger partial charge on any atom is -0.492 e. The highest BCUT2D eigenvalue weighted by Crippen LogP contribution is 2.57. The summed E-state index contributed by atoms with van der Waals surface area (Å²) in [5.74, 6) is -2.36. The van der Waals surface area contributed by atoms with E-state index in [-0.39, 0.29) is 91.3 Å². The van der Waals surface area contributed by atoms with Crippen LogP contribution in [0.4, 0.5) is 0 Å². The monoisotopic (exact) mass is 743 g/mol. The lowest BCUT2D eigenvalue weighted by atomic mass is 9.71. The molecule has 4 aliphatic rings. The summed E-state index contributed by atoms with van der Waals surface area (Å²) in [6.45, 7) is 2.32. The molecule has 3 heterocycles. The first kappa shape index (κ1) is 37.8. The van der Waals surface area contributed by atoms with Crippen molar-refractivity contribution in [3.63, 3.8) is 0 Å². The molecule has 0 bridgehead atoms. The fourth-order valence-electron chi connectivity index (χ4n) is 8.92. The van der Waals surface area contributed by atoms with Crippen molar-refractivity contribution in [3.05, 3.63) is 69.6 Å². The van der Waals surface area contributed by atoms with Crippen LogP contribution in [0.15, 0.2) is 47.4 Å². The van der Waals surface area contributed by atoms with Gasteiger partial charge in [-0.15, -0.1) is 0 Å². The standard InChI is InChI=1S/C42H49NO11/c1-3-51-41(49)40-30(21-46)34(25-17-26(20-45)36(48)28(18-25)23-10-11-32-24(16-23)12-13-43-32)35-38(52-15-7-14-44)29-19-33(42(2,50)27-8-5-4-6-9-27)53-37(29)31(22-47)39(35)54-40/h10-13,16,21,26-28,33,43-45,47,50H,3-9,14-15,17-20,22H2,1-2H3/b34-25-/t26-,28-,33+,42-/m1/s1. The molecule has 54 heavy (non-hydrogen) atoms. The van der Waals surface area contributed by atoms with E-state index < -0.39 is 42.7 Å². The SMILES string of the molecule is CCOC(=O)C1=C(C=O)/C(=C2\C[C@H](CO)C(=O)[C@@H](c3ccc4[nH]ccc4c3)C2)c2c(OCCCO)c3c(c(CO)c2O1)O[C@H]([C@](C)(O)C1CCCCC1)C3. The molecular weight excluding hydrogens is 694 g/mol. The number of Topliss-reactive ketones (excluding diaryl/α,β-unsaturated/α-hetero) is 1. The largest absolute Gasteiger partial charge is 0.492 e. The van der Waals surface area contributed by atoms with E-state index in [0.717, 1.165) is 48.6 Å². The topological polar surface area (TPSA) is 185 Å². The van der Waals surface area contributed by atoms with E-state index in [4.69, 9.17) is 18.9 Å². The maximum atomic E-state index is 14.0. The lowest BCUT2D eigenvalue weighted by Crippen LogP contribution is -2.49. The van der Waals surface area contributed by atoms with Gasteiger partial charge in [0.15, 0.2) is 6.29 Å². The molecule has 2 fully saturated rings. The number of ether oxygens (including phenoxy) is 4. The Hall–Kier alpha value is -4.49. The van der Waals surface area contributed by atoms with Crippen LogP contribution >= 0.6 is 0 Å². The third-order valence-electron chi connectivity index (χ3n) is 11.8. The number of carbonyl (C=O) groups is 3. The number of hydrogen-bond acceptors (Lipinski definition) is 11. The molecule has 12 heteroatoms. The van der Waals surface area contributed by atoms with Gasteiger partial charge < -0.3 is 44.4 Å². The van der Waals surface area contributed by atoms with Crippen molar-refractivity contribution >= 4 is 34.5 Å². The number of aliphatic hydroxyl groups excluding tert-OH is 3. The second-order valence-corrected chi connectivity index (χ2v) is 15.0. The number of allylic oxidation sites excluding steroid dienone is 3. The zero-order valence-corrected chi connectivity index (χ0v) is 30.8. The Morgan fingerprint density at radius 3 is 2.57 bits per heavy atom. The Bertz CT molecular complexity index is 2000. The van der Waals surface area contributed by atoms with Crippen LogP contribution < -0.4 is 14.2 Å². The van der Waals surface area contributed by atoms with Crippen molar-refractivity contribution in [3.8, 4) is 17.2 Å². The number of carbonyl (C=O) groups excluding carboxylic acids is 3. The van der Waals surface area contributed by atoms with Crippen LogP contribution in [-0.2, 0) is 32.1 Å². The van der Waals surface area contributed by atoms with Gasteiger partial charge in [0.1, 0.15) is 34.7 Å². The summed E-state index contributed by atoms with van der Waals surface area (Å²) in [5, 5.41) is 44.3. The third-order valence-corrected chi connectivity index (χ3v) is 11.8. The summed E-state index contributed by atoms with van der Waals surface area (Å²) in [6, 6.07) is 7.62. The van der Waals surface area contributed by atoms with Crippen molar-refractivity contribution < 1.29 is 53.8 Å². The summed E-state index contributed by atoms with van der Waals surface area (Å²) >= 11 is 0. The van der Waals surface area contributed by atoms with Crippen molar-refractivity contribution in [2.45, 2.75) is 95.9 Å². The van der Waals surface area contributed by atoms with E-state index in [1.807, 2.05) is 30.5 Å².